The number of ether oxygens (including phenoxy) is 1. The molecule has 178 valence electrons. The van der Waals surface area contributed by atoms with Crippen molar-refractivity contribution in [1.29, 1.82) is 0 Å². The van der Waals surface area contributed by atoms with Crippen LogP contribution in [0.15, 0.2) is 48.5 Å². The first-order valence-electron chi connectivity index (χ1n) is 12.0. The van der Waals surface area contributed by atoms with E-state index in [1.165, 1.54) is 16.0 Å². The molecule has 0 heterocycles. The number of likely N-dealkylation sites (N-methyl/N-ethyl adjacent to an activating group) is 1. The zero-order chi connectivity index (χ0) is 23.9. The minimum absolute atomic E-state index is 0.000621. The number of alkyl carbamates (subject to hydrolysis) is 1. The highest BCUT2D eigenvalue weighted by Gasteiger charge is 2.52. The molecule has 2 fully saturated rings. The van der Waals surface area contributed by atoms with Crippen molar-refractivity contribution in [1.82, 2.24) is 10.2 Å². The number of nitrogens with one attached hydrogen (secondary N) is 1. The maximum Gasteiger partial charge on any atom is 0.407 e. The minimum atomic E-state index is -1.08. The van der Waals surface area contributed by atoms with Crippen LogP contribution in [0.2, 0.25) is 0 Å². The molecule has 0 saturated heterocycles. The molecule has 0 bridgehead atoms. The predicted molar refractivity (Wildman–Crippen MR) is 126 cm³/mol. The van der Waals surface area contributed by atoms with E-state index in [0.29, 0.717) is 25.8 Å². The molecule has 2 amide bonds. The van der Waals surface area contributed by atoms with Gasteiger partial charge in [-0.1, -0.05) is 61.4 Å². The van der Waals surface area contributed by atoms with Crippen molar-refractivity contribution in [3.05, 3.63) is 59.7 Å². The van der Waals surface area contributed by atoms with Crippen LogP contribution in [-0.2, 0) is 14.3 Å². The van der Waals surface area contributed by atoms with E-state index in [9.17, 15) is 19.5 Å². The average molecular weight is 463 g/mol. The van der Waals surface area contributed by atoms with Gasteiger partial charge in [-0.05, 0) is 47.4 Å². The van der Waals surface area contributed by atoms with Crippen molar-refractivity contribution in [3.8, 4) is 11.1 Å². The average Bonchev–Trinajstić information content (AvgIpc) is 3.31. The van der Waals surface area contributed by atoms with E-state index >= 15 is 0 Å². The number of carbonyl (C=O) groups is 3. The van der Waals surface area contributed by atoms with Crippen LogP contribution in [0.4, 0.5) is 4.79 Å². The molecule has 2 N–H and O–H groups in total. The molecule has 2 saturated carbocycles. The third kappa shape index (κ3) is 3.83. The third-order valence-electron chi connectivity index (χ3n) is 7.89. The first kappa shape index (κ1) is 22.4. The van der Waals surface area contributed by atoms with E-state index < -0.39 is 17.6 Å². The van der Waals surface area contributed by atoms with Gasteiger partial charge in [-0.2, -0.15) is 0 Å². The zero-order valence-electron chi connectivity index (χ0n) is 19.3. The Bertz CT molecular complexity index is 1080. The van der Waals surface area contributed by atoms with Crippen molar-refractivity contribution < 1.29 is 24.2 Å². The van der Waals surface area contributed by atoms with Crippen molar-refractivity contribution in [2.24, 2.45) is 11.8 Å². The van der Waals surface area contributed by atoms with E-state index in [1.807, 2.05) is 24.3 Å². The van der Waals surface area contributed by atoms with Gasteiger partial charge < -0.3 is 20.1 Å². The second-order valence-electron chi connectivity index (χ2n) is 9.75. The molecule has 7 heteroatoms. The Morgan fingerprint density at radius 3 is 2.21 bits per heavy atom. The van der Waals surface area contributed by atoms with Crippen molar-refractivity contribution in [2.75, 3.05) is 20.2 Å². The van der Waals surface area contributed by atoms with E-state index in [2.05, 4.69) is 29.6 Å². The predicted octanol–water partition coefficient (Wildman–Crippen LogP) is 4.02. The second kappa shape index (κ2) is 8.78. The maximum atomic E-state index is 12.9. The fraction of sp³-hybridized carbons (Fsp3) is 0.444. The Kier molecular flexibility index (Phi) is 5.80. The van der Waals surface area contributed by atoms with Crippen LogP contribution in [0.1, 0.15) is 49.1 Å². The monoisotopic (exact) mass is 462 g/mol. The van der Waals surface area contributed by atoms with Crippen molar-refractivity contribution in [3.63, 3.8) is 0 Å². The molecule has 0 aromatic heterocycles. The lowest BCUT2D eigenvalue weighted by Gasteiger charge is -2.35. The normalized spacial score (nSPS) is 21.9. The topological polar surface area (TPSA) is 95.9 Å². The molecule has 0 unspecified atom stereocenters. The number of carboxylic acid groups (broad SMARTS) is 1. The smallest absolute Gasteiger partial charge is 0.407 e. The molecule has 2 aromatic rings. The van der Waals surface area contributed by atoms with Crippen LogP contribution in [0, 0.1) is 11.8 Å². The molecule has 0 aliphatic heterocycles. The molecule has 34 heavy (non-hydrogen) atoms. The number of fused-ring (bicyclic) bond motifs is 3. The van der Waals surface area contributed by atoms with Crippen LogP contribution < -0.4 is 5.32 Å². The Balaban J connectivity index is 1.13. The summed E-state index contributed by atoms with van der Waals surface area (Å²) in [7, 11) is 1.61. The molecule has 0 radical (unpaired) electrons. The van der Waals surface area contributed by atoms with Gasteiger partial charge in [-0.3, -0.25) is 4.79 Å². The van der Waals surface area contributed by atoms with Gasteiger partial charge in [0.1, 0.15) is 12.1 Å². The summed E-state index contributed by atoms with van der Waals surface area (Å²) in [4.78, 5) is 38.6. The largest absolute Gasteiger partial charge is 0.479 e. The highest BCUT2D eigenvalue weighted by Crippen LogP contribution is 2.45. The third-order valence-corrected chi connectivity index (χ3v) is 7.89. The Morgan fingerprint density at radius 2 is 1.62 bits per heavy atom. The van der Waals surface area contributed by atoms with Crippen molar-refractivity contribution >= 4 is 18.0 Å². The maximum absolute atomic E-state index is 12.9. The van der Waals surface area contributed by atoms with E-state index in [0.717, 1.165) is 24.0 Å². The van der Waals surface area contributed by atoms with Gasteiger partial charge in [-0.15, -0.1) is 0 Å². The van der Waals surface area contributed by atoms with Gasteiger partial charge in [0.15, 0.2) is 0 Å². The van der Waals surface area contributed by atoms with Gasteiger partial charge in [0.05, 0.1) is 0 Å². The fourth-order valence-corrected chi connectivity index (χ4v) is 5.75. The number of hydrogen-bond acceptors (Lipinski definition) is 4. The molecule has 2 aromatic carbocycles. The number of carbonyl (C=O) groups excluding carboxylic acids is 2. The Hall–Kier alpha value is -3.35. The van der Waals surface area contributed by atoms with Gasteiger partial charge in [0.2, 0.25) is 5.91 Å². The number of benzene rings is 2. The molecule has 5 rings (SSSR count). The standard InChI is InChI=1S/C27H30N2O5/c1-29(27(25(31)32)12-6-7-13-27)24(30)22-14-17(22)15-28-26(33)34-16-23-20-10-4-2-8-18(20)19-9-3-5-11-21(19)23/h2-5,8-11,17,22-23H,6-7,12-16H2,1H3,(H,28,33)(H,31,32)/t17-,22-/m1/s1. The highest BCUT2D eigenvalue weighted by atomic mass is 16.5. The molecule has 0 spiro atoms. The highest BCUT2D eigenvalue weighted by molar-refractivity contribution is 5.89. The zero-order valence-corrected chi connectivity index (χ0v) is 19.3. The molecule has 2 atom stereocenters. The molecular formula is C27H30N2O5. The fourth-order valence-electron chi connectivity index (χ4n) is 5.75. The lowest BCUT2D eigenvalue weighted by atomic mass is 9.95. The van der Waals surface area contributed by atoms with Gasteiger partial charge in [0.25, 0.3) is 0 Å². The van der Waals surface area contributed by atoms with Crippen LogP contribution in [0.25, 0.3) is 11.1 Å². The van der Waals surface area contributed by atoms with E-state index in [4.69, 9.17) is 4.74 Å². The van der Waals surface area contributed by atoms with E-state index in [1.54, 1.807) is 7.05 Å². The summed E-state index contributed by atoms with van der Waals surface area (Å²) in [5.74, 6) is -1.28. The quantitative estimate of drug-likeness (QED) is 0.648. The summed E-state index contributed by atoms with van der Waals surface area (Å²) in [6.07, 6.45) is 2.80. The summed E-state index contributed by atoms with van der Waals surface area (Å²) >= 11 is 0. The molecule has 3 aliphatic carbocycles. The van der Waals surface area contributed by atoms with Crippen LogP contribution in [0.3, 0.4) is 0 Å². The summed E-state index contributed by atoms with van der Waals surface area (Å²) in [5.41, 5.74) is 3.59. The van der Waals surface area contributed by atoms with Gasteiger partial charge in [0, 0.05) is 25.4 Å². The lowest BCUT2D eigenvalue weighted by molar-refractivity contribution is -0.158. The summed E-state index contributed by atoms with van der Waals surface area (Å²) < 4.78 is 5.57. The first-order valence-corrected chi connectivity index (χ1v) is 12.0. The summed E-state index contributed by atoms with van der Waals surface area (Å²) in [5, 5.41) is 12.5. The van der Waals surface area contributed by atoms with Crippen LogP contribution in [0.5, 0.6) is 0 Å². The SMILES string of the molecule is CN(C(=O)[C@@H]1C[C@@H]1CNC(=O)OCC1c2ccccc2-c2ccccc21)C1(C(=O)O)CCCC1. The number of hydrogen-bond donors (Lipinski definition) is 2. The lowest BCUT2D eigenvalue weighted by Crippen LogP contribution is -2.54. The molecular weight excluding hydrogens is 432 g/mol. The first-order chi connectivity index (χ1) is 16.4. The van der Waals surface area contributed by atoms with Crippen LogP contribution in [-0.4, -0.2) is 53.7 Å². The molecule has 7 nitrogen and oxygen atoms in total. The number of nitrogens with zero attached hydrogens (tertiary/aromatic N) is 1. The summed E-state index contributed by atoms with van der Waals surface area (Å²) in [6.45, 7) is 0.595. The van der Waals surface area contributed by atoms with Crippen LogP contribution >= 0.6 is 0 Å². The number of rotatable bonds is 7. The Morgan fingerprint density at radius 1 is 1.03 bits per heavy atom. The minimum Gasteiger partial charge on any atom is -0.479 e. The number of amides is 2. The van der Waals surface area contributed by atoms with E-state index in [-0.39, 0.29) is 30.3 Å². The van der Waals surface area contributed by atoms with Gasteiger partial charge in [-0.25, -0.2) is 9.59 Å². The van der Waals surface area contributed by atoms with Gasteiger partial charge >= 0.3 is 12.1 Å². The number of aliphatic carboxylic acids is 1. The number of carboxylic acids is 1. The summed E-state index contributed by atoms with van der Waals surface area (Å²) in [6, 6.07) is 16.4. The van der Waals surface area contributed by atoms with Crippen molar-refractivity contribution in [2.45, 2.75) is 43.6 Å². The molecule has 3 aliphatic rings. The Labute approximate surface area is 199 Å². The second-order valence-corrected chi connectivity index (χ2v) is 9.75.